The molecule has 4 aromatic rings. The second-order valence-corrected chi connectivity index (χ2v) is 14.2. The molecule has 42 heavy (non-hydrogen) atoms. The van der Waals surface area contributed by atoms with Crippen LogP contribution in [0.2, 0.25) is 4.34 Å². The van der Waals surface area contributed by atoms with Gasteiger partial charge in [-0.15, -0.1) is 11.3 Å². The van der Waals surface area contributed by atoms with Crippen LogP contribution >= 0.6 is 34.7 Å². The van der Waals surface area contributed by atoms with Crippen molar-refractivity contribution in [1.82, 2.24) is 4.98 Å². The van der Waals surface area contributed by atoms with E-state index >= 15 is 0 Å². The van der Waals surface area contributed by atoms with Crippen molar-refractivity contribution in [3.8, 4) is 0 Å². The van der Waals surface area contributed by atoms with Gasteiger partial charge in [-0.3, -0.25) is 0 Å². The maximum absolute atomic E-state index is 14.3. The molecule has 214 valence electrons. The second-order valence-electron chi connectivity index (χ2n) is 11.4. The van der Waals surface area contributed by atoms with Crippen LogP contribution < -0.4 is 34.7 Å². The molecule has 0 saturated heterocycles. The number of thioether (sulfide) groups is 1. The fourth-order valence-electron chi connectivity index (χ4n) is 5.17. The molecule has 2 heterocycles. The van der Waals surface area contributed by atoms with Crippen LogP contribution in [-0.2, 0) is 16.8 Å². The number of nitrogens with zero attached hydrogens (tertiary/aromatic N) is 1. The van der Waals surface area contributed by atoms with Gasteiger partial charge >= 0.3 is 29.6 Å². The number of hydrogen-bond acceptors (Lipinski definition) is 6. The first-order valence-corrected chi connectivity index (χ1v) is 15.9. The average molecular weight is 632 g/mol. The van der Waals surface area contributed by atoms with Crippen LogP contribution in [0.4, 0.5) is 4.39 Å². The summed E-state index contributed by atoms with van der Waals surface area (Å²) in [4.78, 5) is 15.8. The Morgan fingerprint density at radius 2 is 1.95 bits per heavy atom. The molecule has 2 aromatic heterocycles. The predicted molar refractivity (Wildman–Crippen MR) is 166 cm³/mol. The first-order valence-electron chi connectivity index (χ1n) is 13.7. The maximum Gasteiger partial charge on any atom is 1.00 e. The molecular weight excluding hydrogens is 600 g/mol. The SMILES string of the molecule is CC(C)(O)c1ccccc1CCC(SCC1(CC(=O)[O-])CC1)c1cccc(/C=C/c2ccc3sc(Cl)c(F)c3n2)c1.[Na+]. The number of hydrogen-bond donors (Lipinski definition) is 1. The quantitative estimate of drug-likeness (QED) is 0.227. The summed E-state index contributed by atoms with van der Waals surface area (Å²) in [6, 6.07) is 20.0. The van der Waals surface area contributed by atoms with Gasteiger partial charge < -0.3 is 15.0 Å². The van der Waals surface area contributed by atoms with Crippen LogP contribution in [0.25, 0.3) is 22.4 Å². The summed E-state index contributed by atoms with van der Waals surface area (Å²) in [7, 11) is 0. The number of carbonyl (C=O) groups excluding carboxylic acids is 1. The van der Waals surface area contributed by atoms with E-state index in [0.717, 1.165) is 53.7 Å². The van der Waals surface area contributed by atoms with E-state index in [1.807, 2.05) is 54.6 Å². The van der Waals surface area contributed by atoms with Crippen molar-refractivity contribution in [2.75, 3.05) is 5.75 Å². The Morgan fingerprint density at radius 1 is 1.19 bits per heavy atom. The topological polar surface area (TPSA) is 73.2 Å². The van der Waals surface area contributed by atoms with Crippen molar-refractivity contribution in [3.63, 3.8) is 0 Å². The van der Waals surface area contributed by atoms with Crippen LogP contribution in [-0.4, -0.2) is 21.8 Å². The maximum atomic E-state index is 14.3. The third-order valence-electron chi connectivity index (χ3n) is 7.61. The third kappa shape index (κ3) is 8.26. The van der Waals surface area contributed by atoms with Crippen molar-refractivity contribution < 1.29 is 49.0 Å². The molecule has 1 unspecified atom stereocenters. The summed E-state index contributed by atoms with van der Waals surface area (Å²) in [5, 5.41) is 22.2. The van der Waals surface area contributed by atoms with Crippen molar-refractivity contribution in [2.24, 2.45) is 5.41 Å². The van der Waals surface area contributed by atoms with E-state index in [4.69, 9.17) is 11.6 Å². The number of carbonyl (C=O) groups is 1. The van der Waals surface area contributed by atoms with E-state index in [9.17, 15) is 19.4 Å². The Bertz CT molecular complexity index is 1600. The van der Waals surface area contributed by atoms with Gasteiger partial charge in [0, 0.05) is 11.2 Å². The zero-order valence-corrected chi connectivity index (χ0v) is 28.4. The summed E-state index contributed by atoms with van der Waals surface area (Å²) in [6.45, 7) is 3.61. The molecule has 0 amide bonds. The zero-order valence-electron chi connectivity index (χ0n) is 24.0. The van der Waals surface area contributed by atoms with Gasteiger partial charge in [0.25, 0.3) is 0 Å². The number of benzene rings is 2. The Hall–Kier alpha value is -1.71. The largest absolute Gasteiger partial charge is 1.00 e. The van der Waals surface area contributed by atoms with E-state index in [-0.39, 0.29) is 56.5 Å². The van der Waals surface area contributed by atoms with Gasteiger partial charge in [0.2, 0.25) is 0 Å². The van der Waals surface area contributed by atoms with Crippen LogP contribution in [0.5, 0.6) is 0 Å². The molecule has 1 aliphatic carbocycles. The average Bonchev–Trinajstić information content (AvgIpc) is 3.63. The zero-order chi connectivity index (χ0) is 29.2. The molecular formula is C33H32ClFNNaO3S2. The molecule has 0 spiro atoms. The molecule has 0 aliphatic heterocycles. The minimum Gasteiger partial charge on any atom is -0.550 e. The molecule has 1 saturated carbocycles. The number of fused-ring (bicyclic) bond motifs is 1. The van der Waals surface area contributed by atoms with Gasteiger partial charge in [-0.2, -0.15) is 11.8 Å². The molecule has 0 bridgehead atoms. The third-order valence-corrected chi connectivity index (χ3v) is 10.6. The Morgan fingerprint density at radius 3 is 2.67 bits per heavy atom. The van der Waals surface area contributed by atoms with Gasteiger partial charge in [-0.1, -0.05) is 66.2 Å². The van der Waals surface area contributed by atoms with E-state index in [1.54, 1.807) is 25.6 Å². The number of pyridine rings is 1. The molecule has 0 radical (unpaired) electrons. The van der Waals surface area contributed by atoms with Crippen LogP contribution in [0.1, 0.15) is 72.7 Å². The number of halogens is 2. The fraction of sp³-hybridized carbons (Fsp3) is 0.333. The molecule has 1 fully saturated rings. The Balaban J connectivity index is 0.00000405. The van der Waals surface area contributed by atoms with E-state index in [2.05, 4.69) is 23.2 Å². The summed E-state index contributed by atoms with van der Waals surface area (Å²) in [5.41, 5.74) is 3.99. The van der Waals surface area contributed by atoms with Crippen LogP contribution in [0.3, 0.4) is 0 Å². The normalized spacial score (nSPS) is 15.1. The predicted octanol–water partition coefficient (Wildman–Crippen LogP) is 4.82. The minimum atomic E-state index is -0.984. The molecule has 1 aliphatic rings. The Kier molecular flexibility index (Phi) is 11.0. The van der Waals surface area contributed by atoms with Gasteiger partial charge in [0.1, 0.15) is 9.85 Å². The number of carboxylic acids is 1. The van der Waals surface area contributed by atoms with E-state index in [1.165, 1.54) is 11.3 Å². The summed E-state index contributed by atoms with van der Waals surface area (Å²) in [5.74, 6) is -0.707. The van der Waals surface area contributed by atoms with Gasteiger partial charge in [-0.05, 0) is 97.6 Å². The van der Waals surface area contributed by atoms with Crippen molar-refractivity contribution in [2.45, 2.75) is 56.8 Å². The number of aliphatic hydroxyl groups is 1. The number of carboxylic acid groups (broad SMARTS) is 1. The number of thiophene rings is 1. The van der Waals surface area contributed by atoms with Crippen molar-refractivity contribution >= 4 is 63.0 Å². The molecule has 4 nitrogen and oxygen atoms in total. The standard InChI is InChI=1S/C33H33ClFNO3S2.Na/c1-32(2,39)25-9-4-3-7-22(25)11-14-26(40-20-33(16-17-33)19-28(37)38)23-8-5-6-21(18-23)10-12-24-13-15-27-30(36-24)29(35)31(34)41-27;/h3-10,12-13,15,18,26,39H,11,14,16-17,19-20H2,1-2H3,(H,37,38);/q;+1/p-1/b12-10+;. The first kappa shape index (κ1) is 33.2. The number of aryl methyl sites for hydroxylation is 1. The number of rotatable bonds is 12. The minimum absolute atomic E-state index is 0. The van der Waals surface area contributed by atoms with Crippen molar-refractivity contribution in [3.05, 3.63) is 98.8 Å². The van der Waals surface area contributed by atoms with Gasteiger partial charge in [0.15, 0.2) is 5.82 Å². The van der Waals surface area contributed by atoms with Gasteiger partial charge in [-0.25, -0.2) is 9.37 Å². The van der Waals surface area contributed by atoms with Crippen molar-refractivity contribution in [1.29, 1.82) is 0 Å². The number of aromatic nitrogens is 1. The summed E-state index contributed by atoms with van der Waals surface area (Å²) >= 11 is 8.92. The van der Waals surface area contributed by atoms with Crippen LogP contribution in [0.15, 0.2) is 60.7 Å². The second kappa shape index (κ2) is 13.9. The smallest absolute Gasteiger partial charge is 0.550 e. The molecule has 5 rings (SSSR count). The van der Waals surface area contributed by atoms with E-state index < -0.39 is 17.4 Å². The molecule has 2 aromatic carbocycles. The van der Waals surface area contributed by atoms with Crippen LogP contribution in [0, 0.1) is 11.2 Å². The van der Waals surface area contributed by atoms with E-state index in [0.29, 0.717) is 10.4 Å². The Labute approximate surface area is 281 Å². The summed E-state index contributed by atoms with van der Waals surface area (Å²) in [6.07, 6.45) is 7.38. The fourth-order valence-corrected chi connectivity index (χ4v) is 7.83. The first-order chi connectivity index (χ1) is 19.5. The summed E-state index contributed by atoms with van der Waals surface area (Å²) < 4.78 is 15.1. The molecule has 9 heteroatoms. The monoisotopic (exact) mass is 631 g/mol. The van der Waals surface area contributed by atoms with Gasteiger partial charge in [0.05, 0.1) is 16.0 Å². The molecule has 1 N–H and O–H groups in total. The molecule has 1 atom stereocenters. The number of aliphatic carboxylic acids is 1.